The summed E-state index contributed by atoms with van der Waals surface area (Å²) in [6, 6.07) is 5.83. The summed E-state index contributed by atoms with van der Waals surface area (Å²) in [7, 11) is 0. The smallest absolute Gasteiger partial charge is 0.254 e. The minimum atomic E-state index is -0.245. The van der Waals surface area contributed by atoms with Crippen molar-refractivity contribution in [3.05, 3.63) is 52.5 Å². The number of thiophene rings is 1. The molecule has 6 heteroatoms. The highest BCUT2D eigenvalue weighted by Gasteiger charge is 2.49. The molecule has 2 saturated heterocycles. The molecule has 5 nitrogen and oxygen atoms in total. The lowest BCUT2D eigenvalue weighted by atomic mass is 9.74. The summed E-state index contributed by atoms with van der Waals surface area (Å²) < 4.78 is 0. The van der Waals surface area contributed by atoms with E-state index in [1.807, 2.05) is 40.1 Å². The third-order valence-electron chi connectivity index (χ3n) is 5.24. The summed E-state index contributed by atoms with van der Waals surface area (Å²) in [4.78, 5) is 30.7. The van der Waals surface area contributed by atoms with Gasteiger partial charge in [-0.25, -0.2) is 0 Å². The number of nitrogens with zero attached hydrogens (tertiary/aromatic N) is 2. The first-order valence-electron chi connectivity index (χ1n) is 8.20. The van der Waals surface area contributed by atoms with Crippen LogP contribution in [-0.2, 0) is 4.79 Å². The Balaban J connectivity index is 1.52. The van der Waals surface area contributed by atoms with Crippen molar-refractivity contribution in [2.24, 2.45) is 0 Å². The van der Waals surface area contributed by atoms with Gasteiger partial charge in [-0.2, -0.15) is 11.3 Å². The predicted octanol–water partition coefficient (Wildman–Crippen LogP) is 2.42. The van der Waals surface area contributed by atoms with Crippen molar-refractivity contribution in [2.75, 3.05) is 13.1 Å². The third kappa shape index (κ3) is 2.60. The maximum Gasteiger partial charge on any atom is 0.254 e. The van der Waals surface area contributed by atoms with E-state index in [0.717, 1.165) is 24.0 Å². The number of carbonyl (C=O) groups is 2. The lowest BCUT2D eigenvalue weighted by Crippen LogP contribution is -2.54. The molecule has 2 amide bonds. The average Bonchev–Trinajstić information content (AvgIpc) is 3.24. The van der Waals surface area contributed by atoms with E-state index >= 15 is 0 Å². The highest BCUT2D eigenvalue weighted by atomic mass is 32.1. The van der Waals surface area contributed by atoms with Crippen LogP contribution in [0.3, 0.4) is 0 Å². The van der Waals surface area contributed by atoms with Crippen LogP contribution in [-0.4, -0.2) is 40.3 Å². The van der Waals surface area contributed by atoms with Crippen molar-refractivity contribution in [2.45, 2.75) is 30.7 Å². The Hall–Kier alpha value is -2.21. The molecule has 24 heavy (non-hydrogen) atoms. The number of amides is 2. The van der Waals surface area contributed by atoms with Gasteiger partial charge in [0.05, 0.1) is 11.1 Å². The van der Waals surface area contributed by atoms with Crippen molar-refractivity contribution >= 4 is 23.2 Å². The number of carbonyl (C=O) groups excluding carboxylic acids is 2. The highest BCUT2D eigenvalue weighted by Crippen LogP contribution is 2.43. The molecule has 4 heterocycles. The first kappa shape index (κ1) is 15.3. The van der Waals surface area contributed by atoms with Gasteiger partial charge in [-0.15, -0.1) is 0 Å². The Morgan fingerprint density at radius 1 is 1.33 bits per heavy atom. The molecule has 2 aliphatic heterocycles. The summed E-state index contributed by atoms with van der Waals surface area (Å²) in [6.07, 6.45) is 5.69. The van der Waals surface area contributed by atoms with Crippen LogP contribution < -0.4 is 5.32 Å². The zero-order chi connectivity index (χ0) is 16.6. The van der Waals surface area contributed by atoms with Crippen LogP contribution in [0.5, 0.6) is 0 Å². The second-order valence-corrected chi connectivity index (χ2v) is 7.33. The number of pyridine rings is 1. The van der Waals surface area contributed by atoms with E-state index < -0.39 is 0 Å². The number of hydrogen-bond acceptors (Lipinski definition) is 4. The fourth-order valence-electron chi connectivity index (χ4n) is 3.97. The zero-order valence-corrected chi connectivity index (χ0v) is 14.1. The van der Waals surface area contributed by atoms with E-state index in [9.17, 15) is 9.59 Å². The first-order chi connectivity index (χ1) is 11.7. The second kappa shape index (κ2) is 6.02. The van der Waals surface area contributed by atoms with Crippen molar-refractivity contribution < 1.29 is 9.59 Å². The second-order valence-electron chi connectivity index (χ2n) is 6.55. The molecule has 0 bridgehead atoms. The quantitative estimate of drug-likeness (QED) is 0.912. The van der Waals surface area contributed by atoms with Gasteiger partial charge in [-0.05, 0) is 35.9 Å². The van der Waals surface area contributed by atoms with Gasteiger partial charge in [-0.3, -0.25) is 14.6 Å². The molecular formula is C18H19N3O2S. The van der Waals surface area contributed by atoms with Crippen LogP contribution in [0.4, 0.5) is 0 Å². The van der Waals surface area contributed by atoms with Gasteiger partial charge < -0.3 is 10.2 Å². The number of nitrogens with one attached hydrogen (secondary N) is 1. The topological polar surface area (TPSA) is 62.3 Å². The summed E-state index contributed by atoms with van der Waals surface area (Å²) >= 11 is 1.54. The summed E-state index contributed by atoms with van der Waals surface area (Å²) in [5, 5.41) is 7.03. The maximum absolute atomic E-state index is 12.5. The molecule has 4 rings (SSSR count). The number of likely N-dealkylation sites (tertiary alicyclic amines) is 1. The molecule has 0 unspecified atom stereocenters. The van der Waals surface area contributed by atoms with E-state index in [2.05, 4.69) is 10.3 Å². The van der Waals surface area contributed by atoms with Crippen molar-refractivity contribution in [3.63, 3.8) is 0 Å². The van der Waals surface area contributed by atoms with E-state index in [-0.39, 0.29) is 23.3 Å². The standard InChI is InChI=1S/C18H19N3O2S/c22-16-10-15(13-2-1-6-19-11-13)18(20-16)4-7-21(8-5-18)17(23)14-3-9-24-12-14/h1-3,6,9,11-12,15H,4-5,7-8,10H2,(H,20,22)/t15-/m1/s1. The van der Waals surface area contributed by atoms with Gasteiger partial charge in [0.15, 0.2) is 0 Å². The predicted molar refractivity (Wildman–Crippen MR) is 91.9 cm³/mol. The summed E-state index contributed by atoms with van der Waals surface area (Å²) in [6.45, 7) is 1.34. The third-order valence-corrected chi connectivity index (χ3v) is 5.93. The van der Waals surface area contributed by atoms with Gasteiger partial charge >= 0.3 is 0 Å². The van der Waals surface area contributed by atoms with Crippen LogP contribution in [0.2, 0.25) is 0 Å². The van der Waals surface area contributed by atoms with Crippen LogP contribution in [0.15, 0.2) is 41.4 Å². The molecule has 124 valence electrons. The Morgan fingerprint density at radius 2 is 2.17 bits per heavy atom. The van der Waals surface area contributed by atoms with Gasteiger partial charge in [0, 0.05) is 43.2 Å². The summed E-state index contributed by atoms with van der Waals surface area (Å²) in [5.74, 6) is 0.326. The molecule has 0 aliphatic carbocycles. The first-order valence-corrected chi connectivity index (χ1v) is 9.15. The van der Waals surface area contributed by atoms with Gasteiger partial charge in [-0.1, -0.05) is 6.07 Å². The Bertz CT molecular complexity index is 737. The number of piperidine rings is 1. The van der Waals surface area contributed by atoms with Crippen LogP contribution >= 0.6 is 11.3 Å². The Labute approximate surface area is 144 Å². The SMILES string of the molecule is O=C1C[C@H](c2cccnc2)C2(CCN(C(=O)c3ccsc3)CC2)N1. The number of rotatable bonds is 2. The monoisotopic (exact) mass is 341 g/mol. The van der Waals surface area contributed by atoms with Gasteiger partial charge in [0.25, 0.3) is 5.91 Å². The van der Waals surface area contributed by atoms with Crippen LogP contribution in [0, 0.1) is 0 Å². The van der Waals surface area contributed by atoms with E-state index in [1.54, 1.807) is 6.20 Å². The summed E-state index contributed by atoms with van der Waals surface area (Å²) in [5.41, 5.74) is 1.62. The van der Waals surface area contributed by atoms with Crippen molar-refractivity contribution in [1.29, 1.82) is 0 Å². The Morgan fingerprint density at radius 3 is 2.83 bits per heavy atom. The molecule has 0 aromatic carbocycles. The molecule has 0 saturated carbocycles. The van der Waals surface area contributed by atoms with Crippen molar-refractivity contribution in [1.82, 2.24) is 15.2 Å². The minimum absolute atomic E-state index is 0.0911. The molecule has 2 aliphatic rings. The Kier molecular flexibility index (Phi) is 3.84. The molecule has 2 fully saturated rings. The number of hydrogen-bond donors (Lipinski definition) is 1. The average molecular weight is 341 g/mol. The number of aromatic nitrogens is 1. The van der Waals surface area contributed by atoms with Crippen LogP contribution in [0.25, 0.3) is 0 Å². The fourth-order valence-corrected chi connectivity index (χ4v) is 4.60. The molecule has 2 aromatic rings. The fraction of sp³-hybridized carbons (Fsp3) is 0.389. The molecule has 2 aromatic heterocycles. The van der Waals surface area contributed by atoms with E-state index in [4.69, 9.17) is 0 Å². The zero-order valence-electron chi connectivity index (χ0n) is 13.3. The lowest BCUT2D eigenvalue weighted by Gasteiger charge is -2.42. The molecule has 1 N–H and O–H groups in total. The normalized spacial score (nSPS) is 22.6. The largest absolute Gasteiger partial charge is 0.350 e. The molecular weight excluding hydrogens is 322 g/mol. The van der Waals surface area contributed by atoms with Crippen LogP contribution in [0.1, 0.15) is 41.1 Å². The lowest BCUT2D eigenvalue weighted by molar-refractivity contribution is -0.120. The van der Waals surface area contributed by atoms with Gasteiger partial charge in [0.1, 0.15) is 0 Å². The maximum atomic E-state index is 12.5. The molecule has 0 radical (unpaired) electrons. The molecule has 1 atom stereocenters. The minimum Gasteiger partial charge on any atom is -0.350 e. The molecule has 1 spiro atoms. The van der Waals surface area contributed by atoms with E-state index in [1.165, 1.54) is 11.3 Å². The van der Waals surface area contributed by atoms with E-state index in [0.29, 0.717) is 19.5 Å². The van der Waals surface area contributed by atoms with Crippen molar-refractivity contribution in [3.8, 4) is 0 Å². The van der Waals surface area contributed by atoms with Gasteiger partial charge in [0.2, 0.25) is 5.91 Å². The highest BCUT2D eigenvalue weighted by molar-refractivity contribution is 7.08.